The molecule has 1 aromatic rings. The fourth-order valence-corrected chi connectivity index (χ4v) is 2.32. The minimum absolute atomic E-state index is 0.211. The molecule has 3 nitrogen and oxygen atoms in total. The van der Waals surface area contributed by atoms with Gasteiger partial charge >= 0.3 is 0 Å². The summed E-state index contributed by atoms with van der Waals surface area (Å²) in [5.41, 5.74) is 0.647. The monoisotopic (exact) mass is 302 g/mol. The molecule has 0 spiro atoms. The Labute approximate surface area is 109 Å². The second kappa shape index (κ2) is 5.91. The molecule has 1 fully saturated rings. The molecule has 0 aromatic heterocycles. The Balaban J connectivity index is 1.81. The second-order valence-electron chi connectivity index (χ2n) is 4.35. The van der Waals surface area contributed by atoms with Crippen LogP contribution >= 0.6 is 15.9 Å². The van der Waals surface area contributed by atoms with E-state index in [0.29, 0.717) is 25.2 Å². The number of halogens is 2. The average Bonchev–Trinajstić information content (AvgIpc) is 2.68. The third-order valence-corrected chi connectivity index (χ3v) is 3.53. The van der Waals surface area contributed by atoms with Crippen molar-refractivity contribution in [2.75, 3.05) is 19.6 Å². The molecule has 1 aliphatic heterocycles. The van der Waals surface area contributed by atoms with Gasteiger partial charge in [0.25, 0.3) is 0 Å². The second-order valence-corrected chi connectivity index (χ2v) is 5.27. The quantitative estimate of drug-likeness (QED) is 0.784. The first kappa shape index (κ1) is 13.0. The summed E-state index contributed by atoms with van der Waals surface area (Å²) in [7, 11) is 0. The van der Waals surface area contributed by atoms with Crippen LogP contribution in [0.1, 0.15) is 5.56 Å². The molecule has 2 unspecified atom stereocenters. The Kier molecular flexibility index (Phi) is 4.50. The molecule has 94 valence electrons. The van der Waals surface area contributed by atoms with Gasteiger partial charge in [0.15, 0.2) is 0 Å². The Morgan fingerprint density at radius 1 is 1.47 bits per heavy atom. The van der Waals surface area contributed by atoms with Crippen molar-refractivity contribution in [1.29, 1.82) is 0 Å². The summed E-state index contributed by atoms with van der Waals surface area (Å²) in [4.78, 5) is 0. The van der Waals surface area contributed by atoms with Crippen molar-refractivity contribution in [2.45, 2.75) is 12.6 Å². The van der Waals surface area contributed by atoms with E-state index in [1.54, 1.807) is 6.07 Å². The van der Waals surface area contributed by atoms with E-state index >= 15 is 0 Å². The van der Waals surface area contributed by atoms with Crippen molar-refractivity contribution in [2.24, 2.45) is 5.92 Å². The van der Waals surface area contributed by atoms with Gasteiger partial charge in [-0.15, -0.1) is 0 Å². The Hall–Kier alpha value is -0.490. The molecular weight excluding hydrogens is 287 g/mol. The topological polar surface area (TPSA) is 44.3 Å². The first-order valence-corrected chi connectivity index (χ1v) is 6.49. The third-order valence-electron chi connectivity index (χ3n) is 3.04. The lowest BCUT2D eigenvalue weighted by Gasteiger charge is -2.14. The number of aliphatic hydroxyl groups is 1. The van der Waals surface area contributed by atoms with Crippen LogP contribution in [0.15, 0.2) is 22.7 Å². The fourth-order valence-electron chi connectivity index (χ4n) is 1.98. The highest BCUT2D eigenvalue weighted by atomic mass is 79.9. The lowest BCUT2D eigenvalue weighted by molar-refractivity contribution is 0.146. The lowest BCUT2D eigenvalue weighted by atomic mass is 10.1. The van der Waals surface area contributed by atoms with Gasteiger partial charge in [-0.3, -0.25) is 0 Å². The van der Waals surface area contributed by atoms with Crippen molar-refractivity contribution < 1.29 is 9.50 Å². The predicted octanol–water partition coefficient (Wildman–Crippen LogP) is 1.26. The molecule has 0 bridgehead atoms. The van der Waals surface area contributed by atoms with Crippen LogP contribution in [0.3, 0.4) is 0 Å². The van der Waals surface area contributed by atoms with E-state index in [4.69, 9.17) is 0 Å². The van der Waals surface area contributed by atoms with Crippen LogP contribution in [0.5, 0.6) is 0 Å². The summed E-state index contributed by atoms with van der Waals surface area (Å²) in [5, 5.41) is 15.9. The SMILES string of the molecule is OC1CNCC1CNCc1ccc(Br)cc1F. The van der Waals surface area contributed by atoms with E-state index in [-0.39, 0.29) is 17.8 Å². The van der Waals surface area contributed by atoms with Gasteiger partial charge in [-0.1, -0.05) is 22.0 Å². The average molecular weight is 303 g/mol. The van der Waals surface area contributed by atoms with Gasteiger partial charge in [0.1, 0.15) is 5.82 Å². The molecule has 1 aliphatic rings. The molecule has 3 N–H and O–H groups in total. The first-order valence-electron chi connectivity index (χ1n) is 5.70. The standard InChI is InChI=1S/C12H16BrFN2O/c13-10-2-1-8(11(14)3-10)4-15-5-9-6-16-7-12(9)17/h1-3,9,12,15-17H,4-7H2. The normalized spacial score (nSPS) is 24.2. The van der Waals surface area contributed by atoms with Crippen molar-refractivity contribution in [3.05, 3.63) is 34.1 Å². The maximum absolute atomic E-state index is 13.5. The molecule has 2 atom stereocenters. The summed E-state index contributed by atoms with van der Waals surface area (Å²) < 4.78 is 14.2. The molecule has 1 aromatic carbocycles. The summed E-state index contributed by atoms with van der Waals surface area (Å²) in [6.07, 6.45) is -0.294. The maximum atomic E-state index is 13.5. The number of hydrogen-bond acceptors (Lipinski definition) is 3. The highest BCUT2D eigenvalue weighted by Crippen LogP contribution is 2.15. The molecule has 0 aliphatic carbocycles. The van der Waals surface area contributed by atoms with Crippen molar-refractivity contribution in [1.82, 2.24) is 10.6 Å². The Morgan fingerprint density at radius 3 is 2.94 bits per heavy atom. The number of aliphatic hydroxyl groups excluding tert-OH is 1. The zero-order valence-electron chi connectivity index (χ0n) is 9.42. The van der Waals surface area contributed by atoms with Gasteiger partial charge in [0, 0.05) is 42.1 Å². The van der Waals surface area contributed by atoms with Crippen LogP contribution in [0, 0.1) is 11.7 Å². The number of benzene rings is 1. The highest BCUT2D eigenvalue weighted by molar-refractivity contribution is 9.10. The van der Waals surface area contributed by atoms with Crippen LogP contribution in [-0.2, 0) is 6.54 Å². The van der Waals surface area contributed by atoms with Crippen LogP contribution in [-0.4, -0.2) is 30.8 Å². The number of nitrogens with one attached hydrogen (secondary N) is 2. The molecule has 0 amide bonds. The van der Waals surface area contributed by atoms with Gasteiger partial charge in [-0.25, -0.2) is 4.39 Å². The van der Waals surface area contributed by atoms with Gasteiger partial charge in [0.2, 0.25) is 0 Å². The summed E-state index contributed by atoms with van der Waals surface area (Å²) in [5.74, 6) is 0.00507. The van der Waals surface area contributed by atoms with E-state index < -0.39 is 0 Å². The van der Waals surface area contributed by atoms with Crippen molar-refractivity contribution in [3.63, 3.8) is 0 Å². The third kappa shape index (κ3) is 3.48. The zero-order chi connectivity index (χ0) is 12.3. The van der Waals surface area contributed by atoms with Crippen molar-refractivity contribution >= 4 is 15.9 Å². The molecule has 0 radical (unpaired) electrons. The predicted molar refractivity (Wildman–Crippen MR) is 68.2 cm³/mol. The van der Waals surface area contributed by atoms with Crippen LogP contribution in [0.25, 0.3) is 0 Å². The highest BCUT2D eigenvalue weighted by Gasteiger charge is 2.24. The molecule has 1 saturated heterocycles. The molecule has 5 heteroatoms. The van der Waals surface area contributed by atoms with E-state index in [1.807, 2.05) is 6.07 Å². The number of hydrogen-bond donors (Lipinski definition) is 3. The van der Waals surface area contributed by atoms with Gasteiger partial charge in [-0.05, 0) is 12.1 Å². The van der Waals surface area contributed by atoms with Gasteiger partial charge in [-0.2, -0.15) is 0 Å². The molecule has 0 saturated carbocycles. The smallest absolute Gasteiger partial charge is 0.128 e. The van der Waals surface area contributed by atoms with Gasteiger partial charge < -0.3 is 15.7 Å². The Bertz CT molecular complexity index is 389. The van der Waals surface area contributed by atoms with E-state index in [9.17, 15) is 9.50 Å². The number of β-amino-alcohol motifs (C(OH)–C–C–N with tert-alkyl or cyclic N) is 1. The first-order chi connectivity index (χ1) is 8.16. The van der Waals surface area contributed by atoms with Gasteiger partial charge in [0.05, 0.1) is 6.10 Å². The maximum Gasteiger partial charge on any atom is 0.128 e. The Morgan fingerprint density at radius 2 is 2.29 bits per heavy atom. The van der Waals surface area contributed by atoms with E-state index in [0.717, 1.165) is 11.0 Å². The molecular formula is C12H16BrFN2O. The lowest BCUT2D eigenvalue weighted by Crippen LogP contribution is -2.30. The molecule has 1 heterocycles. The van der Waals surface area contributed by atoms with Crippen LogP contribution < -0.4 is 10.6 Å². The van der Waals surface area contributed by atoms with Crippen LogP contribution in [0.2, 0.25) is 0 Å². The minimum Gasteiger partial charge on any atom is -0.391 e. The largest absolute Gasteiger partial charge is 0.391 e. The van der Waals surface area contributed by atoms with E-state index in [1.165, 1.54) is 6.07 Å². The number of rotatable bonds is 4. The van der Waals surface area contributed by atoms with E-state index in [2.05, 4.69) is 26.6 Å². The van der Waals surface area contributed by atoms with Crippen molar-refractivity contribution in [3.8, 4) is 0 Å². The summed E-state index contributed by atoms with van der Waals surface area (Å²) in [6, 6.07) is 5.05. The zero-order valence-corrected chi connectivity index (χ0v) is 11.0. The summed E-state index contributed by atoms with van der Waals surface area (Å²) in [6.45, 7) is 2.65. The van der Waals surface area contributed by atoms with Crippen LogP contribution in [0.4, 0.5) is 4.39 Å². The fraction of sp³-hybridized carbons (Fsp3) is 0.500. The summed E-state index contributed by atoms with van der Waals surface area (Å²) >= 11 is 3.22. The molecule has 17 heavy (non-hydrogen) atoms. The molecule has 2 rings (SSSR count). The minimum atomic E-state index is -0.294.